The summed E-state index contributed by atoms with van der Waals surface area (Å²) in [4.78, 5) is 5.97. The standard InChI is InChI=1S/C26H38N2/c1-2-10-22-18-28-16-14-20-8-4-6-12-24(20)26(28)25-23-11-5-3-7-19(23)13-15-27(25)17-21(22)9-1/h1-2,9-10,19-20,23-26H,3-8,11-18H2. The molecule has 0 aromatic heterocycles. The summed E-state index contributed by atoms with van der Waals surface area (Å²) >= 11 is 0. The Morgan fingerprint density at radius 1 is 0.571 bits per heavy atom. The lowest BCUT2D eigenvalue weighted by molar-refractivity contribution is -0.0905. The van der Waals surface area contributed by atoms with Gasteiger partial charge in [0.1, 0.15) is 0 Å². The topological polar surface area (TPSA) is 6.48 Å². The number of benzene rings is 1. The van der Waals surface area contributed by atoms with Crippen LogP contribution in [0.15, 0.2) is 24.3 Å². The molecular weight excluding hydrogens is 340 g/mol. The summed E-state index contributed by atoms with van der Waals surface area (Å²) in [6.07, 6.45) is 15.0. The lowest BCUT2D eigenvalue weighted by Crippen LogP contribution is -2.65. The highest BCUT2D eigenvalue weighted by Crippen LogP contribution is 2.49. The van der Waals surface area contributed by atoms with Crippen LogP contribution in [0.4, 0.5) is 0 Å². The van der Waals surface area contributed by atoms with Crippen molar-refractivity contribution < 1.29 is 0 Å². The van der Waals surface area contributed by atoms with Gasteiger partial charge in [0.25, 0.3) is 0 Å². The van der Waals surface area contributed by atoms with Crippen molar-refractivity contribution in [1.29, 1.82) is 0 Å². The van der Waals surface area contributed by atoms with Gasteiger partial charge < -0.3 is 0 Å². The molecule has 2 saturated heterocycles. The monoisotopic (exact) mass is 378 g/mol. The fraction of sp³-hybridized carbons (Fsp3) is 0.769. The molecule has 2 heteroatoms. The Labute approximate surface area is 171 Å². The zero-order chi connectivity index (χ0) is 18.5. The van der Waals surface area contributed by atoms with Gasteiger partial charge in [-0.25, -0.2) is 0 Å². The number of fused-ring (bicyclic) bond motifs is 8. The Morgan fingerprint density at radius 3 is 1.54 bits per heavy atom. The highest BCUT2D eigenvalue weighted by molar-refractivity contribution is 5.28. The van der Waals surface area contributed by atoms with Crippen LogP contribution in [-0.4, -0.2) is 35.0 Å². The van der Waals surface area contributed by atoms with Crippen molar-refractivity contribution in [1.82, 2.24) is 9.80 Å². The van der Waals surface area contributed by atoms with Gasteiger partial charge in [-0.3, -0.25) is 9.80 Å². The molecule has 1 aromatic carbocycles. The minimum atomic E-state index is 0.832. The van der Waals surface area contributed by atoms with Crippen molar-refractivity contribution in [3.05, 3.63) is 35.4 Å². The normalized spacial score (nSPS) is 41.4. The number of nitrogens with zero attached hydrogens (tertiary/aromatic N) is 2. The van der Waals surface area contributed by atoms with Crippen molar-refractivity contribution in [2.75, 3.05) is 13.1 Å². The predicted octanol–water partition coefficient (Wildman–Crippen LogP) is 5.46. The Hall–Kier alpha value is -0.860. The molecule has 0 amide bonds. The van der Waals surface area contributed by atoms with E-state index < -0.39 is 0 Å². The Bertz CT molecular complexity index is 640. The molecule has 3 heterocycles. The van der Waals surface area contributed by atoms with Gasteiger partial charge in [0.2, 0.25) is 0 Å². The van der Waals surface area contributed by atoms with Crippen LogP contribution in [0.1, 0.15) is 75.3 Å². The van der Waals surface area contributed by atoms with Crippen LogP contribution < -0.4 is 0 Å². The maximum absolute atomic E-state index is 2.99. The molecule has 2 saturated carbocycles. The average Bonchev–Trinajstić information content (AvgIpc) is 2.74. The summed E-state index contributed by atoms with van der Waals surface area (Å²) in [6, 6.07) is 11.1. The average molecular weight is 379 g/mol. The Balaban J connectivity index is 1.43. The highest BCUT2D eigenvalue weighted by atomic mass is 15.3. The molecule has 0 bridgehead atoms. The fourth-order valence-electron chi connectivity index (χ4n) is 8.20. The van der Waals surface area contributed by atoms with Crippen LogP contribution in [0.25, 0.3) is 0 Å². The first-order valence-corrected chi connectivity index (χ1v) is 12.4. The lowest BCUT2D eigenvalue weighted by Gasteiger charge is -2.59. The maximum atomic E-state index is 2.99. The molecule has 28 heavy (non-hydrogen) atoms. The van der Waals surface area contributed by atoms with Gasteiger partial charge in [-0.1, -0.05) is 62.8 Å². The largest absolute Gasteiger partial charge is 0.294 e. The number of hydrogen-bond donors (Lipinski definition) is 0. The van der Waals surface area contributed by atoms with Crippen LogP contribution in [0.5, 0.6) is 0 Å². The van der Waals surface area contributed by atoms with Crippen LogP contribution in [-0.2, 0) is 13.1 Å². The molecule has 0 spiro atoms. The summed E-state index contributed by atoms with van der Waals surface area (Å²) < 4.78 is 0. The first-order chi connectivity index (χ1) is 13.9. The van der Waals surface area contributed by atoms with E-state index in [0.717, 1.165) is 35.8 Å². The number of hydrogen-bond acceptors (Lipinski definition) is 2. The molecular formula is C26H38N2. The molecule has 2 aliphatic carbocycles. The minimum Gasteiger partial charge on any atom is -0.294 e. The van der Waals surface area contributed by atoms with Gasteiger partial charge in [-0.2, -0.15) is 0 Å². The third kappa shape index (κ3) is 2.98. The van der Waals surface area contributed by atoms with Crippen LogP contribution in [0.2, 0.25) is 0 Å². The fourth-order valence-corrected chi connectivity index (χ4v) is 8.20. The van der Waals surface area contributed by atoms with Gasteiger partial charge in [0, 0.05) is 25.2 Å². The predicted molar refractivity (Wildman–Crippen MR) is 115 cm³/mol. The van der Waals surface area contributed by atoms with Gasteiger partial charge in [0.05, 0.1) is 0 Å². The summed E-state index contributed by atoms with van der Waals surface area (Å²) in [5.74, 6) is 3.99. The summed E-state index contributed by atoms with van der Waals surface area (Å²) in [6.45, 7) is 5.13. The first kappa shape index (κ1) is 18.0. The van der Waals surface area contributed by atoms with Gasteiger partial charge in [-0.05, 0) is 73.6 Å². The zero-order valence-corrected chi connectivity index (χ0v) is 17.6. The van der Waals surface area contributed by atoms with E-state index in [9.17, 15) is 0 Å². The van der Waals surface area contributed by atoms with Crippen molar-refractivity contribution in [2.24, 2.45) is 23.7 Å². The van der Waals surface area contributed by atoms with E-state index in [1.807, 2.05) is 0 Å². The molecule has 0 N–H and O–H groups in total. The van der Waals surface area contributed by atoms with Crippen molar-refractivity contribution in [3.8, 4) is 0 Å². The molecule has 1 aromatic rings. The molecule has 6 atom stereocenters. The van der Waals surface area contributed by atoms with E-state index in [1.165, 1.54) is 90.4 Å². The first-order valence-electron chi connectivity index (χ1n) is 12.4. The van der Waals surface area contributed by atoms with Gasteiger partial charge in [0.15, 0.2) is 0 Å². The second kappa shape index (κ2) is 7.43. The van der Waals surface area contributed by atoms with Crippen LogP contribution >= 0.6 is 0 Å². The molecule has 152 valence electrons. The second-order valence-electron chi connectivity index (χ2n) is 10.7. The second-order valence-corrected chi connectivity index (χ2v) is 10.7. The molecule has 6 rings (SSSR count). The number of rotatable bonds is 0. The third-order valence-corrected chi connectivity index (χ3v) is 9.45. The Morgan fingerprint density at radius 2 is 1.04 bits per heavy atom. The van der Waals surface area contributed by atoms with E-state index >= 15 is 0 Å². The van der Waals surface area contributed by atoms with E-state index in [0.29, 0.717) is 0 Å². The van der Waals surface area contributed by atoms with Crippen LogP contribution in [0, 0.1) is 23.7 Å². The molecule has 2 nitrogen and oxygen atoms in total. The smallest absolute Gasteiger partial charge is 0.0288 e. The van der Waals surface area contributed by atoms with Crippen molar-refractivity contribution >= 4 is 0 Å². The zero-order valence-electron chi connectivity index (χ0n) is 17.6. The van der Waals surface area contributed by atoms with E-state index in [4.69, 9.17) is 0 Å². The molecule has 4 fully saturated rings. The van der Waals surface area contributed by atoms with Gasteiger partial charge >= 0.3 is 0 Å². The molecule has 0 radical (unpaired) electrons. The van der Waals surface area contributed by atoms with Crippen molar-refractivity contribution in [3.63, 3.8) is 0 Å². The van der Waals surface area contributed by atoms with Crippen LogP contribution in [0.3, 0.4) is 0 Å². The quantitative estimate of drug-likeness (QED) is 0.591. The highest BCUT2D eigenvalue weighted by Gasteiger charge is 2.51. The van der Waals surface area contributed by atoms with E-state index in [1.54, 1.807) is 11.1 Å². The number of piperidine rings is 2. The summed E-state index contributed by atoms with van der Waals surface area (Å²) in [5, 5.41) is 0. The van der Waals surface area contributed by atoms with E-state index in [2.05, 4.69) is 34.1 Å². The molecule has 5 aliphatic rings. The van der Waals surface area contributed by atoms with E-state index in [-0.39, 0.29) is 0 Å². The summed E-state index contributed by atoms with van der Waals surface area (Å²) in [7, 11) is 0. The summed E-state index contributed by atoms with van der Waals surface area (Å²) in [5.41, 5.74) is 3.23. The molecule has 3 aliphatic heterocycles. The maximum Gasteiger partial charge on any atom is 0.0288 e. The van der Waals surface area contributed by atoms with Crippen molar-refractivity contribution in [2.45, 2.75) is 89.4 Å². The Kier molecular flexibility index (Phi) is 4.77. The molecule has 6 unspecified atom stereocenters. The third-order valence-electron chi connectivity index (χ3n) is 9.45. The van der Waals surface area contributed by atoms with Gasteiger partial charge in [-0.15, -0.1) is 0 Å². The SMILES string of the molecule is c1ccc2c(c1)CN1CCC3CCCCC3C1C1C3CCCCC3CCN1C2. The minimum absolute atomic E-state index is 0.832. The lowest BCUT2D eigenvalue weighted by atomic mass is 9.62.